The summed E-state index contributed by atoms with van der Waals surface area (Å²) in [4.78, 5) is 15.1. The summed E-state index contributed by atoms with van der Waals surface area (Å²) in [6.07, 6.45) is 10.5. The molecule has 2 aromatic rings. The van der Waals surface area contributed by atoms with E-state index in [1.54, 1.807) is 0 Å². The molecular formula is C21H30N2O2. The SMILES string of the molecule is CCCCCCCCC[C@@H]1N[C@H](C(=O)O)Cc2c1[nH]c1ccccc21. The number of fused-ring (bicyclic) bond motifs is 3. The number of nitrogens with one attached hydrogen (secondary N) is 2. The highest BCUT2D eigenvalue weighted by molar-refractivity contribution is 5.86. The van der Waals surface area contributed by atoms with Crippen LogP contribution < -0.4 is 5.32 Å². The van der Waals surface area contributed by atoms with Crippen LogP contribution in [0.2, 0.25) is 0 Å². The molecule has 0 aliphatic carbocycles. The number of hydrogen-bond donors (Lipinski definition) is 3. The lowest BCUT2D eigenvalue weighted by atomic mass is 9.91. The summed E-state index contributed by atoms with van der Waals surface area (Å²) in [5, 5.41) is 14.0. The van der Waals surface area contributed by atoms with Gasteiger partial charge < -0.3 is 10.1 Å². The van der Waals surface area contributed by atoms with E-state index in [1.165, 1.54) is 55.2 Å². The minimum Gasteiger partial charge on any atom is -0.480 e. The maximum atomic E-state index is 11.6. The highest BCUT2D eigenvalue weighted by Gasteiger charge is 2.32. The maximum absolute atomic E-state index is 11.6. The van der Waals surface area contributed by atoms with Crippen LogP contribution in [0.1, 0.15) is 75.6 Å². The number of aromatic nitrogens is 1. The molecule has 3 N–H and O–H groups in total. The fourth-order valence-corrected chi connectivity index (χ4v) is 4.02. The predicted molar refractivity (Wildman–Crippen MR) is 102 cm³/mol. The Morgan fingerprint density at radius 2 is 1.84 bits per heavy atom. The number of aromatic amines is 1. The molecule has 0 saturated heterocycles. The Morgan fingerprint density at radius 1 is 1.12 bits per heavy atom. The van der Waals surface area contributed by atoms with Gasteiger partial charge in [-0.25, -0.2) is 0 Å². The minimum absolute atomic E-state index is 0.118. The van der Waals surface area contributed by atoms with Crippen molar-refractivity contribution in [3.63, 3.8) is 0 Å². The number of rotatable bonds is 9. The van der Waals surface area contributed by atoms with Gasteiger partial charge in [0.05, 0.1) is 0 Å². The normalized spacial score (nSPS) is 19.9. The van der Waals surface area contributed by atoms with Crippen LogP contribution in [0.15, 0.2) is 24.3 Å². The Balaban J connectivity index is 1.66. The molecule has 0 saturated carbocycles. The second-order valence-electron chi connectivity index (χ2n) is 7.29. The molecule has 4 nitrogen and oxygen atoms in total. The molecular weight excluding hydrogens is 312 g/mol. The quantitative estimate of drug-likeness (QED) is 0.565. The number of aliphatic carboxylic acids is 1. The van der Waals surface area contributed by atoms with Gasteiger partial charge in [-0.2, -0.15) is 0 Å². The second kappa shape index (κ2) is 8.52. The van der Waals surface area contributed by atoms with E-state index >= 15 is 0 Å². The highest BCUT2D eigenvalue weighted by Crippen LogP contribution is 2.34. The van der Waals surface area contributed by atoms with E-state index in [9.17, 15) is 9.90 Å². The lowest BCUT2D eigenvalue weighted by Gasteiger charge is -2.29. The van der Waals surface area contributed by atoms with Gasteiger partial charge in [0, 0.05) is 29.1 Å². The van der Waals surface area contributed by atoms with Crippen molar-refractivity contribution in [2.75, 3.05) is 0 Å². The molecule has 0 amide bonds. The van der Waals surface area contributed by atoms with E-state index in [0.29, 0.717) is 6.42 Å². The van der Waals surface area contributed by atoms with Crippen LogP contribution in [0.5, 0.6) is 0 Å². The number of carboxylic acids is 1. The molecule has 25 heavy (non-hydrogen) atoms. The molecule has 3 rings (SSSR count). The fourth-order valence-electron chi connectivity index (χ4n) is 4.02. The number of H-pyrrole nitrogens is 1. The second-order valence-corrected chi connectivity index (χ2v) is 7.29. The topological polar surface area (TPSA) is 65.1 Å². The fraction of sp³-hybridized carbons (Fsp3) is 0.571. The molecule has 1 aliphatic heterocycles. The van der Waals surface area contributed by atoms with E-state index < -0.39 is 12.0 Å². The van der Waals surface area contributed by atoms with Crippen molar-refractivity contribution in [2.24, 2.45) is 0 Å². The van der Waals surface area contributed by atoms with Gasteiger partial charge in [-0.1, -0.05) is 70.1 Å². The Morgan fingerprint density at radius 3 is 2.60 bits per heavy atom. The Kier molecular flexibility index (Phi) is 6.14. The number of unbranched alkanes of at least 4 members (excludes halogenated alkanes) is 6. The monoisotopic (exact) mass is 342 g/mol. The average Bonchev–Trinajstić information content (AvgIpc) is 2.99. The molecule has 136 valence electrons. The van der Waals surface area contributed by atoms with Crippen molar-refractivity contribution in [2.45, 2.75) is 76.8 Å². The van der Waals surface area contributed by atoms with Gasteiger partial charge in [0.25, 0.3) is 0 Å². The van der Waals surface area contributed by atoms with E-state index in [2.05, 4.69) is 29.4 Å². The molecule has 0 unspecified atom stereocenters. The number of carbonyl (C=O) groups is 1. The Labute approximate surface area is 150 Å². The summed E-state index contributed by atoms with van der Waals surface area (Å²) in [5.41, 5.74) is 3.50. The number of benzene rings is 1. The van der Waals surface area contributed by atoms with E-state index in [-0.39, 0.29) is 6.04 Å². The van der Waals surface area contributed by atoms with Crippen molar-refractivity contribution in [1.29, 1.82) is 0 Å². The first-order chi connectivity index (χ1) is 12.2. The van der Waals surface area contributed by atoms with Gasteiger partial charge in [-0.05, 0) is 18.1 Å². The maximum Gasteiger partial charge on any atom is 0.321 e. The number of hydrogen-bond acceptors (Lipinski definition) is 2. The zero-order valence-corrected chi connectivity index (χ0v) is 15.2. The summed E-state index contributed by atoms with van der Waals surface area (Å²) in [7, 11) is 0. The van der Waals surface area contributed by atoms with Crippen molar-refractivity contribution in [3.8, 4) is 0 Å². The van der Waals surface area contributed by atoms with Gasteiger partial charge in [0.2, 0.25) is 0 Å². The molecule has 1 aromatic heterocycles. The van der Waals surface area contributed by atoms with Gasteiger partial charge in [0.1, 0.15) is 6.04 Å². The molecule has 0 bridgehead atoms. The number of para-hydroxylation sites is 1. The molecule has 2 heterocycles. The van der Waals surface area contributed by atoms with Crippen LogP contribution in [0.4, 0.5) is 0 Å². The molecule has 1 aliphatic rings. The summed E-state index contributed by atoms with van der Waals surface area (Å²) in [6.45, 7) is 2.24. The summed E-state index contributed by atoms with van der Waals surface area (Å²) in [6, 6.07) is 7.86. The van der Waals surface area contributed by atoms with Crippen molar-refractivity contribution >= 4 is 16.9 Å². The van der Waals surface area contributed by atoms with Crippen LogP contribution in [-0.4, -0.2) is 22.1 Å². The van der Waals surface area contributed by atoms with Crippen molar-refractivity contribution in [3.05, 3.63) is 35.5 Å². The predicted octanol–water partition coefficient (Wildman–Crippen LogP) is 4.95. The lowest BCUT2D eigenvalue weighted by Crippen LogP contribution is -2.44. The Hall–Kier alpha value is -1.81. The third-order valence-electron chi connectivity index (χ3n) is 5.40. The number of carboxylic acid groups (broad SMARTS) is 1. The van der Waals surface area contributed by atoms with Crippen LogP contribution in [0.3, 0.4) is 0 Å². The molecule has 0 fully saturated rings. The first-order valence-electron chi connectivity index (χ1n) is 9.79. The average molecular weight is 342 g/mol. The van der Waals surface area contributed by atoms with E-state index in [1.807, 2.05) is 12.1 Å². The summed E-state index contributed by atoms with van der Waals surface area (Å²) < 4.78 is 0. The molecule has 4 heteroatoms. The first kappa shape index (κ1) is 18.0. The smallest absolute Gasteiger partial charge is 0.321 e. The van der Waals surface area contributed by atoms with Gasteiger partial charge in [-0.3, -0.25) is 10.1 Å². The Bertz CT molecular complexity index is 707. The van der Waals surface area contributed by atoms with Crippen LogP contribution in [0.25, 0.3) is 10.9 Å². The van der Waals surface area contributed by atoms with Crippen molar-refractivity contribution in [1.82, 2.24) is 10.3 Å². The van der Waals surface area contributed by atoms with Crippen LogP contribution >= 0.6 is 0 Å². The third-order valence-corrected chi connectivity index (χ3v) is 5.40. The minimum atomic E-state index is -0.750. The van der Waals surface area contributed by atoms with Crippen LogP contribution in [0, 0.1) is 0 Å². The zero-order valence-electron chi connectivity index (χ0n) is 15.2. The third kappa shape index (κ3) is 4.24. The van der Waals surface area contributed by atoms with E-state index in [4.69, 9.17) is 0 Å². The van der Waals surface area contributed by atoms with Gasteiger partial charge in [-0.15, -0.1) is 0 Å². The summed E-state index contributed by atoms with van der Waals surface area (Å²) >= 11 is 0. The molecule has 2 atom stereocenters. The largest absolute Gasteiger partial charge is 0.480 e. The van der Waals surface area contributed by atoms with Crippen molar-refractivity contribution < 1.29 is 9.90 Å². The standard InChI is InChI=1S/C21H30N2O2/c1-2-3-4-5-6-7-8-13-18-20-16(14-19(22-18)21(24)25)15-11-9-10-12-17(15)23-20/h9-12,18-19,22-23H,2-8,13-14H2,1H3,(H,24,25)/t18-,19-/m0/s1. The summed E-state index contributed by atoms with van der Waals surface area (Å²) in [5.74, 6) is -0.750. The van der Waals surface area contributed by atoms with E-state index in [0.717, 1.165) is 18.4 Å². The molecule has 0 spiro atoms. The zero-order chi connectivity index (χ0) is 17.6. The van der Waals surface area contributed by atoms with Gasteiger partial charge >= 0.3 is 5.97 Å². The molecule has 0 radical (unpaired) electrons. The first-order valence-corrected chi connectivity index (χ1v) is 9.79. The van der Waals surface area contributed by atoms with Crippen LogP contribution in [-0.2, 0) is 11.2 Å². The lowest BCUT2D eigenvalue weighted by molar-refractivity contribution is -0.139. The molecule has 1 aromatic carbocycles. The van der Waals surface area contributed by atoms with Gasteiger partial charge in [0.15, 0.2) is 0 Å². The highest BCUT2D eigenvalue weighted by atomic mass is 16.4.